The Morgan fingerprint density at radius 2 is 2.14 bits per heavy atom. The number of likely N-dealkylation sites (tertiary alicyclic amines) is 1. The molecule has 1 rings (SSSR count). The van der Waals surface area contributed by atoms with E-state index in [0.717, 1.165) is 17.9 Å². The van der Waals surface area contributed by atoms with Crippen LogP contribution in [0.1, 0.15) is 33.6 Å². The molecule has 0 aromatic heterocycles. The molecule has 2 atom stereocenters. The molecule has 0 amide bonds. The van der Waals surface area contributed by atoms with Gasteiger partial charge in [0.1, 0.15) is 0 Å². The molecule has 0 radical (unpaired) electrons. The van der Waals surface area contributed by atoms with Crippen LogP contribution in [-0.4, -0.2) is 37.6 Å². The monoisotopic (exact) mass is 198 g/mol. The zero-order valence-electron chi connectivity index (χ0n) is 10.2. The standard InChI is InChI=1S/C12H26N2/c1-10(2)14-8-6-11(3)12(9-14)5-7-13-4/h10-13H,5-9H2,1-4H3. The van der Waals surface area contributed by atoms with Crippen molar-refractivity contribution in [1.82, 2.24) is 10.2 Å². The molecule has 2 nitrogen and oxygen atoms in total. The Hall–Kier alpha value is -0.0800. The summed E-state index contributed by atoms with van der Waals surface area (Å²) in [5, 5.41) is 3.26. The minimum atomic E-state index is 0.722. The second-order valence-corrected chi connectivity index (χ2v) is 5.01. The Labute approximate surface area is 89.1 Å². The van der Waals surface area contributed by atoms with E-state index in [1.54, 1.807) is 0 Å². The van der Waals surface area contributed by atoms with Crippen LogP contribution in [0, 0.1) is 11.8 Å². The third-order valence-electron chi connectivity index (χ3n) is 3.64. The summed E-state index contributed by atoms with van der Waals surface area (Å²) in [6, 6.07) is 0.722. The first-order valence-electron chi connectivity index (χ1n) is 6.03. The number of nitrogens with one attached hydrogen (secondary N) is 1. The SMILES string of the molecule is CNCCC1CN(C(C)C)CCC1C. The van der Waals surface area contributed by atoms with Crippen LogP contribution in [0.5, 0.6) is 0 Å². The quantitative estimate of drug-likeness (QED) is 0.743. The van der Waals surface area contributed by atoms with Crippen molar-refractivity contribution in [2.45, 2.75) is 39.7 Å². The van der Waals surface area contributed by atoms with E-state index < -0.39 is 0 Å². The van der Waals surface area contributed by atoms with E-state index in [2.05, 4.69) is 31.0 Å². The molecule has 0 saturated carbocycles. The van der Waals surface area contributed by atoms with Crippen molar-refractivity contribution in [2.75, 3.05) is 26.7 Å². The molecule has 1 fully saturated rings. The van der Waals surface area contributed by atoms with E-state index in [0.29, 0.717) is 0 Å². The molecular weight excluding hydrogens is 172 g/mol. The fourth-order valence-corrected chi connectivity index (χ4v) is 2.35. The topological polar surface area (TPSA) is 15.3 Å². The summed E-state index contributed by atoms with van der Waals surface area (Å²) >= 11 is 0. The highest BCUT2D eigenvalue weighted by Gasteiger charge is 2.26. The summed E-state index contributed by atoms with van der Waals surface area (Å²) in [4.78, 5) is 2.63. The number of hydrogen-bond donors (Lipinski definition) is 1. The largest absolute Gasteiger partial charge is 0.320 e. The molecule has 1 N–H and O–H groups in total. The molecule has 14 heavy (non-hydrogen) atoms. The Balaban J connectivity index is 2.38. The zero-order valence-corrected chi connectivity index (χ0v) is 10.2. The van der Waals surface area contributed by atoms with E-state index in [1.165, 1.54) is 32.5 Å². The summed E-state index contributed by atoms with van der Waals surface area (Å²) in [5.41, 5.74) is 0. The van der Waals surface area contributed by atoms with Crippen molar-refractivity contribution in [3.05, 3.63) is 0 Å². The molecular formula is C12H26N2. The van der Waals surface area contributed by atoms with Crippen LogP contribution in [0.3, 0.4) is 0 Å². The fourth-order valence-electron chi connectivity index (χ4n) is 2.35. The van der Waals surface area contributed by atoms with E-state index in [9.17, 15) is 0 Å². The van der Waals surface area contributed by atoms with Gasteiger partial charge >= 0.3 is 0 Å². The molecule has 84 valence electrons. The van der Waals surface area contributed by atoms with Crippen molar-refractivity contribution in [3.8, 4) is 0 Å². The lowest BCUT2D eigenvalue weighted by Crippen LogP contribution is -2.43. The zero-order chi connectivity index (χ0) is 10.6. The lowest BCUT2D eigenvalue weighted by atomic mass is 9.84. The van der Waals surface area contributed by atoms with Gasteiger partial charge in [-0.1, -0.05) is 6.92 Å². The maximum absolute atomic E-state index is 3.26. The molecule has 0 aromatic rings. The van der Waals surface area contributed by atoms with Crippen LogP contribution in [-0.2, 0) is 0 Å². The van der Waals surface area contributed by atoms with Crippen molar-refractivity contribution < 1.29 is 0 Å². The summed E-state index contributed by atoms with van der Waals surface area (Å²) < 4.78 is 0. The molecule has 0 aromatic carbocycles. The Bertz CT molecular complexity index is 156. The fraction of sp³-hybridized carbons (Fsp3) is 1.00. The van der Waals surface area contributed by atoms with Gasteiger partial charge in [-0.25, -0.2) is 0 Å². The molecule has 2 unspecified atom stereocenters. The molecule has 0 spiro atoms. The van der Waals surface area contributed by atoms with E-state index in [4.69, 9.17) is 0 Å². The Kier molecular flexibility index (Phi) is 4.90. The predicted molar refractivity (Wildman–Crippen MR) is 62.5 cm³/mol. The van der Waals surface area contributed by atoms with Gasteiger partial charge in [-0.05, 0) is 58.7 Å². The van der Waals surface area contributed by atoms with Gasteiger partial charge in [0.05, 0.1) is 0 Å². The van der Waals surface area contributed by atoms with Crippen molar-refractivity contribution >= 4 is 0 Å². The first-order valence-corrected chi connectivity index (χ1v) is 6.03. The highest BCUT2D eigenvalue weighted by atomic mass is 15.2. The number of rotatable bonds is 4. The average molecular weight is 198 g/mol. The number of hydrogen-bond acceptors (Lipinski definition) is 2. The van der Waals surface area contributed by atoms with Gasteiger partial charge in [-0.2, -0.15) is 0 Å². The minimum Gasteiger partial charge on any atom is -0.320 e. The smallest absolute Gasteiger partial charge is 0.00387 e. The summed E-state index contributed by atoms with van der Waals surface area (Å²) in [6.45, 7) is 10.8. The van der Waals surface area contributed by atoms with Crippen LogP contribution in [0.15, 0.2) is 0 Å². The molecule has 1 aliphatic rings. The highest BCUT2D eigenvalue weighted by Crippen LogP contribution is 2.26. The van der Waals surface area contributed by atoms with E-state index in [-0.39, 0.29) is 0 Å². The van der Waals surface area contributed by atoms with E-state index >= 15 is 0 Å². The Morgan fingerprint density at radius 1 is 1.43 bits per heavy atom. The lowest BCUT2D eigenvalue weighted by molar-refractivity contribution is 0.0963. The van der Waals surface area contributed by atoms with Gasteiger partial charge in [0.2, 0.25) is 0 Å². The molecule has 2 heteroatoms. The van der Waals surface area contributed by atoms with Crippen LogP contribution in [0.4, 0.5) is 0 Å². The van der Waals surface area contributed by atoms with Crippen LogP contribution < -0.4 is 5.32 Å². The van der Waals surface area contributed by atoms with Gasteiger partial charge in [0, 0.05) is 12.6 Å². The average Bonchev–Trinajstić information content (AvgIpc) is 2.16. The molecule has 1 heterocycles. The van der Waals surface area contributed by atoms with Gasteiger partial charge in [0.15, 0.2) is 0 Å². The molecule has 1 saturated heterocycles. The third kappa shape index (κ3) is 3.25. The maximum atomic E-state index is 3.26. The van der Waals surface area contributed by atoms with Crippen molar-refractivity contribution in [1.29, 1.82) is 0 Å². The number of nitrogens with zero attached hydrogens (tertiary/aromatic N) is 1. The van der Waals surface area contributed by atoms with Crippen LogP contribution in [0.2, 0.25) is 0 Å². The molecule has 1 aliphatic heterocycles. The van der Waals surface area contributed by atoms with Gasteiger partial charge in [-0.15, -0.1) is 0 Å². The lowest BCUT2D eigenvalue weighted by Gasteiger charge is -2.39. The second kappa shape index (κ2) is 5.72. The minimum absolute atomic E-state index is 0.722. The van der Waals surface area contributed by atoms with Crippen LogP contribution >= 0.6 is 0 Å². The number of piperidine rings is 1. The van der Waals surface area contributed by atoms with Crippen molar-refractivity contribution in [2.24, 2.45) is 11.8 Å². The van der Waals surface area contributed by atoms with Gasteiger partial charge in [0.25, 0.3) is 0 Å². The summed E-state index contributed by atoms with van der Waals surface area (Å²) in [5.74, 6) is 1.82. The van der Waals surface area contributed by atoms with Gasteiger partial charge < -0.3 is 10.2 Å². The first kappa shape index (κ1) is 12.0. The summed E-state index contributed by atoms with van der Waals surface area (Å²) in [6.07, 6.45) is 2.72. The second-order valence-electron chi connectivity index (χ2n) is 5.01. The van der Waals surface area contributed by atoms with Crippen molar-refractivity contribution in [3.63, 3.8) is 0 Å². The first-order chi connectivity index (χ1) is 6.65. The third-order valence-corrected chi connectivity index (χ3v) is 3.64. The maximum Gasteiger partial charge on any atom is 0.00387 e. The van der Waals surface area contributed by atoms with Gasteiger partial charge in [-0.3, -0.25) is 0 Å². The van der Waals surface area contributed by atoms with E-state index in [1.807, 2.05) is 7.05 Å². The Morgan fingerprint density at radius 3 is 2.71 bits per heavy atom. The normalized spacial score (nSPS) is 29.8. The molecule has 0 bridgehead atoms. The molecule has 0 aliphatic carbocycles. The highest BCUT2D eigenvalue weighted by molar-refractivity contribution is 4.80. The predicted octanol–water partition coefficient (Wildman–Crippen LogP) is 1.96. The van der Waals surface area contributed by atoms with Crippen LogP contribution in [0.25, 0.3) is 0 Å². The summed E-state index contributed by atoms with van der Waals surface area (Å²) in [7, 11) is 2.05.